The molecule has 158 valence electrons. The lowest BCUT2D eigenvalue weighted by atomic mass is 10.0. The van der Waals surface area contributed by atoms with Crippen LogP contribution in [-0.4, -0.2) is 34.8 Å². The van der Waals surface area contributed by atoms with Crippen molar-refractivity contribution in [2.45, 2.75) is 37.8 Å². The summed E-state index contributed by atoms with van der Waals surface area (Å²) < 4.78 is 41.5. The van der Waals surface area contributed by atoms with Gasteiger partial charge in [0, 0.05) is 29.7 Å². The molecule has 2 atom stereocenters. The fraction of sp³-hybridized carbons (Fsp3) is 0.318. The summed E-state index contributed by atoms with van der Waals surface area (Å²) in [5.74, 6) is -1.81. The Kier molecular flexibility index (Phi) is 5.67. The zero-order valence-corrected chi connectivity index (χ0v) is 16.1. The Morgan fingerprint density at radius 3 is 2.57 bits per heavy atom. The predicted octanol–water partition coefficient (Wildman–Crippen LogP) is 4.01. The van der Waals surface area contributed by atoms with Crippen molar-refractivity contribution in [3.63, 3.8) is 0 Å². The first-order valence-corrected chi connectivity index (χ1v) is 9.88. The number of carbonyl (C=O) groups is 1. The third-order valence-corrected chi connectivity index (χ3v) is 5.47. The summed E-state index contributed by atoms with van der Waals surface area (Å²) in [5, 5.41) is 15.5. The van der Waals surface area contributed by atoms with Gasteiger partial charge in [-0.2, -0.15) is 0 Å². The van der Waals surface area contributed by atoms with Crippen LogP contribution in [0.5, 0.6) is 0 Å². The first-order chi connectivity index (χ1) is 14.4. The molecule has 1 saturated carbocycles. The van der Waals surface area contributed by atoms with E-state index in [0.29, 0.717) is 41.5 Å². The van der Waals surface area contributed by atoms with Crippen molar-refractivity contribution in [2.75, 3.05) is 6.54 Å². The van der Waals surface area contributed by atoms with Gasteiger partial charge in [-0.15, -0.1) is 0 Å². The van der Waals surface area contributed by atoms with E-state index in [1.54, 1.807) is 12.1 Å². The Morgan fingerprint density at radius 2 is 1.87 bits per heavy atom. The number of nitrogens with one attached hydrogen (secondary N) is 3. The number of carbonyl (C=O) groups excluding carboxylic acids is 1. The highest BCUT2D eigenvalue weighted by atomic mass is 19.1. The van der Waals surface area contributed by atoms with Crippen molar-refractivity contribution in [3.8, 4) is 11.3 Å². The van der Waals surface area contributed by atoms with Gasteiger partial charge in [0.2, 0.25) is 0 Å². The highest BCUT2D eigenvalue weighted by molar-refractivity contribution is 5.91. The third-order valence-electron chi connectivity index (χ3n) is 5.47. The van der Waals surface area contributed by atoms with Crippen LogP contribution in [0.3, 0.4) is 0 Å². The average Bonchev–Trinajstić information content (AvgIpc) is 3.26. The van der Waals surface area contributed by atoms with Gasteiger partial charge >= 0.3 is 6.03 Å². The molecule has 30 heavy (non-hydrogen) atoms. The predicted molar refractivity (Wildman–Crippen MR) is 107 cm³/mol. The molecule has 1 fully saturated rings. The second-order valence-corrected chi connectivity index (χ2v) is 7.61. The van der Waals surface area contributed by atoms with Gasteiger partial charge in [-0.05, 0) is 67.1 Å². The normalized spacial score (nSPS) is 18.7. The summed E-state index contributed by atoms with van der Waals surface area (Å²) in [4.78, 5) is 15.1. The lowest BCUT2D eigenvalue weighted by Crippen LogP contribution is -2.41. The molecule has 0 radical (unpaired) electrons. The number of fused-ring (bicyclic) bond motifs is 1. The molecule has 1 aromatic heterocycles. The molecule has 0 unspecified atom stereocenters. The largest absolute Gasteiger partial charge is 0.393 e. The molecule has 4 N–H and O–H groups in total. The number of H-pyrrole nitrogens is 1. The SMILES string of the molecule is O=C(NCCc1c(-c2ccc(F)cc2)[nH]c2c(F)cc(F)cc12)N[C@@H]1CC[C@@H](O)C1. The minimum atomic E-state index is -0.717. The van der Waals surface area contributed by atoms with E-state index in [1.807, 2.05) is 0 Å². The smallest absolute Gasteiger partial charge is 0.315 e. The molecule has 0 saturated heterocycles. The molecule has 4 rings (SSSR count). The van der Waals surface area contributed by atoms with E-state index in [4.69, 9.17) is 0 Å². The van der Waals surface area contributed by atoms with Crippen LogP contribution in [0.4, 0.5) is 18.0 Å². The maximum Gasteiger partial charge on any atom is 0.315 e. The number of aromatic nitrogens is 1. The Morgan fingerprint density at radius 1 is 1.10 bits per heavy atom. The highest BCUT2D eigenvalue weighted by Crippen LogP contribution is 2.32. The third kappa shape index (κ3) is 4.28. The van der Waals surface area contributed by atoms with Gasteiger partial charge in [-0.3, -0.25) is 0 Å². The van der Waals surface area contributed by atoms with Gasteiger partial charge in [-0.25, -0.2) is 18.0 Å². The fourth-order valence-electron chi connectivity index (χ4n) is 4.02. The fourth-order valence-corrected chi connectivity index (χ4v) is 4.02. The topological polar surface area (TPSA) is 77.2 Å². The van der Waals surface area contributed by atoms with Crippen LogP contribution >= 0.6 is 0 Å². The monoisotopic (exact) mass is 417 g/mol. The number of hydrogen-bond donors (Lipinski definition) is 4. The van der Waals surface area contributed by atoms with E-state index < -0.39 is 17.5 Å². The van der Waals surface area contributed by atoms with E-state index >= 15 is 0 Å². The Balaban J connectivity index is 1.55. The lowest BCUT2D eigenvalue weighted by molar-refractivity contribution is 0.179. The number of aliphatic hydroxyl groups is 1. The molecule has 8 heteroatoms. The van der Waals surface area contributed by atoms with Crippen molar-refractivity contribution in [1.29, 1.82) is 0 Å². The molecular weight excluding hydrogens is 395 g/mol. The van der Waals surface area contributed by atoms with Crippen LogP contribution in [0.1, 0.15) is 24.8 Å². The number of aromatic amines is 1. The summed E-state index contributed by atoms with van der Waals surface area (Å²) in [5.41, 5.74) is 1.98. The van der Waals surface area contributed by atoms with Gasteiger partial charge in [0.05, 0.1) is 11.6 Å². The molecule has 0 bridgehead atoms. The van der Waals surface area contributed by atoms with Crippen LogP contribution < -0.4 is 10.6 Å². The summed E-state index contributed by atoms with van der Waals surface area (Å²) >= 11 is 0. The molecule has 2 aromatic carbocycles. The van der Waals surface area contributed by atoms with Crippen molar-refractivity contribution < 1.29 is 23.1 Å². The first-order valence-electron chi connectivity index (χ1n) is 9.88. The molecule has 5 nitrogen and oxygen atoms in total. The molecule has 0 spiro atoms. The quantitative estimate of drug-likeness (QED) is 0.506. The highest BCUT2D eigenvalue weighted by Gasteiger charge is 2.24. The molecule has 1 aliphatic carbocycles. The molecule has 1 heterocycles. The minimum absolute atomic E-state index is 0.0638. The van der Waals surface area contributed by atoms with Crippen LogP contribution in [-0.2, 0) is 6.42 Å². The van der Waals surface area contributed by atoms with Gasteiger partial charge in [-0.1, -0.05) is 0 Å². The maximum absolute atomic E-state index is 14.3. The van der Waals surface area contributed by atoms with Crippen LogP contribution in [0.15, 0.2) is 36.4 Å². The second kappa shape index (κ2) is 8.39. The van der Waals surface area contributed by atoms with Gasteiger partial charge in [0.15, 0.2) is 0 Å². The van der Waals surface area contributed by atoms with E-state index in [1.165, 1.54) is 18.2 Å². The average molecular weight is 417 g/mol. The number of benzene rings is 2. The van der Waals surface area contributed by atoms with E-state index in [2.05, 4.69) is 15.6 Å². The number of hydrogen-bond acceptors (Lipinski definition) is 2. The van der Waals surface area contributed by atoms with Crippen LogP contribution in [0.2, 0.25) is 0 Å². The van der Waals surface area contributed by atoms with E-state index in [0.717, 1.165) is 12.5 Å². The molecule has 2 amide bonds. The minimum Gasteiger partial charge on any atom is -0.393 e. The van der Waals surface area contributed by atoms with E-state index in [9.17, 15) is 23.1 Å². The Bertz CT molecular complexity index is 1070. The van der Waals surface area contributed by atoms with Crippen LogP contribution in [0.25, 0.3) is 22.2 Å². The molecule has 1 aliphatic rings. The molecular formula is C22H22F3N3O2. The number of rotatable bonds is 5. The van der Waals surface area contributed by atoms with Crippen molar-refractivity contribution in [2.24, 2.45) is 0 Å². The Hall–Kier alpha value is -3.00. The van der Waals surface area contributed by atoms with Crippen molar-refractivity contribution in [1.82, 2.24) is 15.6 Å². The van der Waals surface area contributed by atoms with Gasteiger partial charge in [0.1, 0.15) is 17.5 Å². The van der Waals surface area contributed by atoms with Crippen LogP contribution in [0, 0.1) is 17.5 Å². The number of urea groups is 1. The molecule has 3 aromatic rings. The second-order valence-electron chi connectivity index (χ2n) is 7.61. The summed E-state index contributed by atoms with van der Waals surface area (Å²) in [7, 11) is 0. The number of halogens is 3. The number of aliphatic hydroxyl groups excluding tert-OH is 1. The first kappa shape index (κ1) is 20.3. The Labute approximate surface area is 171 Å². The summed E-state index contributed by atoms with van der Waals surface area (Å²) in [6.07, 6.45) is 1.85. The van der Waals surface area contributed by atoms with Gasteiger partial charge in [0.25, 0.3) is 0 Å². The van der Waals surface area contributed by atoms with Gasteiger partial charge < -0.3 is 20.7 Å². The van der Waals surface area contributed by atoms with Crippen molar-refractivity contribution >= 4 is 16.9 Å². The molecule has 0 aliphatic heterocycles. The number of amides is 2. The zero-order chi connectivity index (χ0) is 21.3. The maximum atomic E-state index is 14.3. The lowest BCUT2D eigenvalue weighted by Gasteiger charge is -2.13. The summed E-state index contributed by atoms with van der Waals surface area (Å²) in [6.45, 7) is 0.236. The zero-order valence-electron chi connectivity index (χ0n) is 16.1. The van der Waals surface area contributed by atoms with Crippen molar-refractivity contribution in [3.05, 3.63) is 59.4 Å². The standard InChI is InChI=1S/C22H22F3N3O2/c23-13-3-1-12(2-4-13)20-17(18-9-14(24)10-19(25)21(18)28-20)7-8-26-22(30)27-15-5-6-16(29)11-15/h1-4,9-10,15-16,28-29H,5-8,11H2,(H2,26,27,30)/t15-,16-/m1/s1. The van der Waals surface area contributed by atoms with E-state index in [-0.39, 0.29) is 30.2 Å². The summed E-state index contributed by atoms with van der Waals surface area (Å²) in [6, 6.07) is 7.34.